The number of hydrogen-bond acceptors (Lipinski definition) is 3. The summed E-state index contributed by atoms with van der Waals surface area (Å²) in [7, 11) is 2.13. The van der Waals surface area contributed by atoms with Crippen molar-refractivity contribution in [3.8, 4) is 5.75 Å². The molecule has 0 amide bonds. The summed E-state index contributed by atoms with van der Waals surface area (Å²) in [6.45, 7) is 4.42. The van der Waals surface area contributed by atoms with Crippen LogP contribution < -0.4 is 9.64 Å². The molecule has 0 saturated carbocycles. The van der Waals surface area contributed by atoms with Crippen molar-refractivity contribution in [3.63, 3.8) is 0 Å². The maximum absolute atomic E-state index is 5.96. The number of fused-ring (bicyclic) bond motifs is 1. The Morgan fingerprint density at radius 1 is 0.966 bits per heavy atom. The second-order valence-corrected chi connectivity index (χ2v) is 7.39. The zero-order valence-electron chi connectivity index (χ0n) is 17.0. The summed E-state index contributed by atoms with van der Waals surface area (Å²) in [4.78, 5) is 7.10. The molecule has 146 valence electrons. The predicted molar refractivity (Wildman–Crippen MR) is 122 cm³/mol. The topological polar surface area (TPSA) is 24.8 Å². The first-order chi connectivity index (χ1) is 14.2. The smallest absolute Gasteiger partial charge is 0.120 e. The first kappa shape index (κ1) is 19.0. The van der Waals surface area contributed by atoms with Gasteiger partial charge in [-0.2, -0.15) is 0 Å². The molecule has 3 aromatic rings. The number of rotatable bonds is 5. The van der Waals surface area contributed by atoms with Gasteiger partial charge in [0.2, 0.25) is 0 Å². The molecule has 0 atom stereocenters. The maximum Gasteiger partial charge on any atom is 0.120 e. The van der Waals surface area contributed by atoms with Crippen molar-refractivity contribution in [3.05, 3.63) is 101 Å². The van der Waals surface area contributed by atoms with E-state index in [1.54, 1.807) is 0 Å². The standard InChI is InChI=1S/C26H26N2O/c1-20-11-13-24-25(27-15-16-28(2)26(24)17-20)14-12-21-9-6-10-23(18-21)29-19-22-7-4-3-5-8-22/h3-14,17-18H,15-16,19H2,1-2H3/b14-12+. The minimum Gasteiger partial charge on any atom is -0.489 e. The lowest BCUT2D eigenvalue weighted by Gasteiger charge is -2.19. The fourth-order valence-electron chi connectivity index (χ4n) is 3.47. The van der Waals surface area contributed by atoms with Gasteiger partial charge in [0.05, 0.1) is 12.3 Å². The van der Waals surface area contributed by atoms with Gasteiger partial charge in [-0.3, -0.25) is 4.99 Å². The van der Waals surface area contributed by atoms with E-state index in [9.17, 15) is 0 Å². The molecule has 1 aliphatic rings. The molecular weight excluding hydrogens is 356 g/mol. The van der Waals surface area contributed by atoms with E-state index >= 15 is 0 Å². The van der Waals surface area contributed by atoms with Gasteiger partial charge in [-0.25, -0.2) is 0 Å². The molecule has 0 aromatic heterocycles. The molecule has 0 radical (unpaired) electrons. The Labute approximate surface area is 173 Å². The Kier molecular flexibility index (Phi) is 5.76. The number of anilines is 1. The number of hydrogen-bond donors (Lipinski definition) is 0. The van der Waals surface area contributed by atoms with Gasteiger partial charge < -0.3 is 9.64 Å². The highest BCUT2D eigenvalue weighted by Gasteiger charge is 2.14. The molecule has 3 aromatic carbocycles. The van der Waals surface area contributed by atoms with E-state index in [1.165, 1.54) is 16.8 Å². The lowest BCUT2D eigenvalue weighted by atomic mass is 10.0. The van der Waals surface area contributed by atoms with Gasteiger partial charge in [0.25, 0.3) is 0 Å². The van der Waals surface area contributed by atoms with Gasteiger partial charge in [-0.05, 0) is 47.9 Å². The van der Waals surface area contributed by atoms with Crippen LogP contribution in [0.2, 0.25) is 0 Å². The van der Waals surface area contributed by atoms with Crippen molar-refractivity contribution in [1.29, 1.82) is 0 Å². The average Bonchev–Trinajstić information content (AvgIpc) is 2.90. The molecule has 4 rings (SSSR count). The van der Waals surface area contributed by atoms with E-state index in [4.69, 9.17) is 9.73 Å². The highest BCUT2D eigenvalue weighted by Crippen LogP contribution is 2.25. The van der Waals surface area contributed by atoms with Crippen LogP contribution in [0.25, 0.3) is 6.08 Å². The summed E-state index contributed by atoms with van der Waals surface area (Å²) >= 11 is 0. The Hall–Kier alpha value is -3.33. The van der Waals surface area contributed by atoms with Crippen LogP contribution in [0.15, 0.2) is 83.9 Å². The third kappa shape index (κ3) is 4.75. The zero-order valence-corrected chi connectivity index (χ0v) is 17.0. The van der Waals surface area contributed by atoms with E-state index in [0.29, 0.717) is 6.61 Å². The molecule has 0 N–H and O–H groups in total. The van der Waals surface area contributed by atoms with Crippen molar-refractivity contribution in [2.24, 2.45) is 4.99 Å². The van der Waals surface area contributed by atoms with Gasteiger partial charge >= 0.3 is 0 Å². The van der Waals surface area contributed by atoms with Crippen LogP contribution in [0.5, 0.6) is 5.75 Å². The Balaban J connectivity index is 1.52. The van der Waals surface area contributed by atoms with E-state index in [0.717, 1.165) is 35.7 Å². The minimum atomic E-state index is 0.569. The number of benzodiazepines with no additional fused rings is 1. The monoisotopic (exact) mass is 382 g/mol. The second kappa shape index (κ2) is 8.78. The third-order valence-electron chi connectivity index (χ3n) is 5.10. The average molecular weight is 383 g/mol. The number of aliphatic imine (C=N–C) groups is 1. The van der Waals surface area contributed by atoms with Gasteiger partial charge in [0.15, 0.2) is 0 Å². The molecule has 0 bridgehead atoms. The molecule has 3 nitrogen and oxygen atoms in total. The normalized spacial score (nSPS) is 13.7. The first-order valence-electron chi connectivity index (χ1n) is 10.0. The summed E-state index contributed by atoms with van der Waals surface area (Å²) in [5.41, 5.74) is 6.99. The highest BCUT2D eigenvalue weighted by molar-refractivity contribution is 6.14. The first-order valence-corrected chi connectivity index (χ1v) is 10.0. The van der Waals surface area contributed by atoms with Crippen LogP contribution >= 0.6 is 0 Å². The van der Waals surface area contributed by atoms with Crippen LogP contribution in [0.1, 0.15) is 22.3 Å². The summed E-state index contributed by atoms with van der Waals surface area (Å²) < 4.78 is 5.96. The molecule has 0 fully saturated rings. The SMILES string of the molecule is Cc1ccc2c(c1)N(C)CCN=C2/C=C/c1cccc(OCc2ccccc2)c1. The van der Waals surface area contributed by atoms with Crippen LogP contribution in [0.4, 0.5) is 5.69 Å². The van der Waals surface area contributed by atoms with Gasteiger partial charge in [-0.15, -0.1) is 0 Å². The van der Waals surface area contributed by atoms with E-state index in [2.05, 4.69) is 73.5 Å². The van der Waals surface area contributed by atoms with Crippen LogP contribution in [-0.2, 0) is 6.61 Å². The zero-order chi connectivity index (χ0) is 20.1. The van der Waals surface area contributed by atoms with Gasteiger partial charge in [-0.1, -0.05) is 60.7 Å². The summed E-state index contributed by atoms with van der Waals surface area (Å²) in [5, 5.41) is 0. The van der Waals surface area contributed by atoms with E-state index < -0.39 is 0 Å². The minimum absolute atomic E-state index is 0.569. The van der Waals surface area contributed by atoms with Crippen molar-refractivity contribution in [2.75, 3.05) is 25.0 Å². The van der Waals surface area contributed by atoms with E-state index in [-0.39, 0.29) is 0 Å². The lowest BCUT2D eigenvalue weighted by Crippen LogP contribution is -2.20. The Morgan fingerprint density at radius 3 is 2.69 bits per heavy atom. The van der Waals surface area contributed by atoms with Crippen molar-refractivity contribution >= 4 is 17.5 Å². The van der Waals surface area contributed by atoms with Crippen LogP contribution in [0, 0.1) is 6.92 Å². The number of nitrogens with zero attached hydrogens (tertiary/aromatic N) is 2. The number of ether oxygens (including phenoxy) is 1. The van der Waals surface area contributed by atoms with Crippen LogP contribution in [0.3, 0.4) is 0 Å². The fraction of sp³-hybridized carbons (Fsp3) is 0.192. The molecule has 3 heteroatoms. The van der Waals surface area contributed by atoms with Gasteiger partial charge in [0, 0.05) is 24.8 Å². The Morgan fingerprint density at radius 2 is 1.83 bits per heavy atom. The number of aryl methyl sites for hydroxylation is 1. The van der Waals surface area contributed by atoms with Crippen molar-refractivity contribution in [1.82, 2.24) is 0 Å². The number of benzene rings is 3. The molecule has 0 unspecified atom stereocenters. The molecule has 1 aliphatic heterocycles. The largest absolute Gasteiger partial charge is 0.489 e. The molecular formula is C26H26N2O. The molecule has 0 saturated heterocycles. The number of likely N-dealkylation sites (N-methyl/N-ethyl adjacent to an activating group) is 1. The summed E-state index contributed by atoms with van der Waals surface area (Å²) in [6, 6.07) is 25.0. The fourth-order valence-corrected chi connectivity index (χ4v) is 3.47. The summed E-state index contributed by atoms with van der Waals surface area (Å²) in [6.07, 6.45) is 4.23. The summed E-state index contributed by atoms with van der Waals surface area (Å²) in [5.74, 6) is 0.870. The Bertz CT molecular complexity index is 1040. The van der Waals surface area contributed by atoms with Crippen molar-refractivity contribution in [2.45, 2.75) is 13.5 Å². The predicted octanol–water partition coefficient (Wildman–Crippen LogP) is 5.53. The maximum atomic E-state index is 5.96. The highest BCUT2D eigenvalue weighted by atomic mass is 16.5. The molecule has 0 spiro atoms. The second-order valence-electron chi connectivity index (χ2n) is 7.39. The third-order valence-corrected chi connectivity index (χ3v) is 5.10. The lowest BCUT2D eigenvalue weighted by molar-refractivity contribution is 0.306. The molecule has 0 aliphatic carbocycles. The molecule has 1 heterocycles. The number of allylic oxidation sites excluding steroid dienone is 1. The van der Waals surface area contributed by atoms with Gasteiger partial charge in [0.1, 0.15) is 12.4 Å². The molecule has 29 heavy (non-hydrogen) atoms. The quantitative estimate of drug-likeness (QED) is 0.580. The van der Waals surface area contributed by atoms with Crippen molar-refractivity contribution < 1.29 is 4.74 Å². The van der Waals surface area contributed by atoms with Crippen LogP contribution in [-0.4, -0.2) is 25.8 Å². The van der Waals surface area contributed by atoms with E-state index in [1.807, 2.05) is 30.3 Å².